The van der Waals surface area contributed by atoms with E-state index in [0.29, 0.717) is 0 Å². The van der Waals surface area contributed by atoms with E-state index in [4.69, 9.17) is 5.73 Å². The van der Waals surface area contributed by atoms with Gasteiger partial charge < -0.3 is 5.73 Å². The fraction of sp³-hybridized carbons (Fsp3) is 0.375. The second kappa shape index (κ2) is 3.15. The second-order valence-electron chi connectivity index (χ2n) is 2.45. The Hall–Kier alpha value is -0.670. The summed E-state index contributed by atoms with van der Waals surface area (Å²) in [5.74, 6) is 0.0341. The summed E-state index contributed by atoms with van der Waals surface area (Å²) in [6, 6.07) is 1.90. The Morgan fingerprint density at radius 1 is 1.64 bits per heavy atom. The van der Waals surface area contributed by atoms with Gasteiger partial charge in [-0.25, -0.2) is 0 Å². The van der Waals surface area contributed by atoms with Crippen LogP contribution in [0.4, 0.5) is 0 Å². The molecule has 1 rings (SSSR count). The van der Waals surface area contributed by atoms with Gasteiger partial charge in [-0.2, -0.15) is 0 Å². The molecule has 3 heteroatoms. The lowest BCUT2D eigenvalue weighted by atomic mass is 10.1. The first kappa shape index (κ1) is 8.43. The smallest absolute Gasteiger partial charge is 0.177 e. The zero-order valence-electron chi connectivity index (χ0n) is 6.68. The largest absolute Gasteiger partial charge is 0.324 e. The third-order valence-electron chi connectivity index (χ3n) is 1.53. The predicted octanol–water partition coefficient (Wildman–Crippen LogP) is 1.51. The molecule has 2 N–H and O–H groups in total. The molecule has 0 saturated heterocycles. The standard InChI is InChI=1S/C8H11NOS/c1-5-3-7(6(2)11-5)8(10)4-9/h3H,4,9H2,1-2H3. The van der Waals surface area contributed by atoms with Gasteiger partial charge in [-0.3, -0.25) is 4.79 Å². The Bertz CT molecular complexity index is 278. The van der Waals surface area contributed by atoms with E-state index in [2.05, 4.69) is 0 Å². The van der Waals surface area contributed by atoms with E-state index >= 15 is 0 Å². The Morgan fingerprint density at radius 2 is 2.27 bits per heavy atom. The van der Waals surface area contributed by atoms with Crippen molar-refractivity contribution in [2.24, 2.45) is 5.73 Å². The molecule has 1 aromatic rings. The normalized spacial score (nSPS) is 10.1. The number of Topliss-reactive ketones (excluding diaryl/α,β-unsaturated/α-hetero) is 1. The molecule has 60 valence electrons. The summed E-state index contributed by atoms with van der Waals surface area (Å²) in [5, 5.41) is 0. The highest BCUT2D eigenvalue weighted by molar-refractivity contribution is 7.12. The number of thiophene rings is 1. The van der Waals surface area contributed by atoms with E-state index in [1.165, 1.54) is 4.88 Å². The van der Waals surface area contributed by atoms with Crippen molar-refractivity contribution >= 4 is 17.1 Å². The number of rotatable bonds is 2. The van der Waals surface area contributed by atoms with Crippen LogP contribution in [0.5, 0.6) is 0 Å². The first-order chi connectivity index (χ1) is 5.15. The molecule has 11 heavy (non-hydrogen) atoms. The van der Waals surface area contributed by atoms with Gasteiger partial charge in [0.2, 0.25) is 0 Å². The third-order valence-corrected chi connectivity index (χ3v) is 2.49. The molecule has 0 aromatic carbocycles. The van der Waals surface area contributed by atoms with E-state index in [9.17, 15) is 4.79 Å². The highest BCUT2D eigenvalue weighted by atomic mass is 32.1. The Balaban J connectivity index is 3.03. The number of nitrogens with two attached hydrogens (primary N) is 1. The summed E-state index contributed by atoms with van der Waals surface area (Å²) in [4.78, 5) is 13.4. The fourth-order valence-electron chi connectivity index (χ4n) is 1.02. The van der Waals surface area contributed by atoms with Crippen molar-refractivity contribution in [2.45, 2.75) is 13.8 Å². The highest BCUT2D eigenvalue weighted by Gasteiger charge is 2.08. The minimum absolute atomic E-state index is 0.0341. The van der Waals surface area contributed by atoms with Crippen molar-refractivity contribution in [1.82, 2.24) is 0 Å². The molecule has 0 aliphatic rings. The highest BCUT2D eigenvalue weighted by Crippen LogP contribution is 2.20. The Kier molecular flexibility index (Phi) is 2.42. The molecule has 0 radical (unpaired) electrons. The summed E-state index contributed by atoms with van der Waals surface area (Å²) in [6.07, 6.45) is 0. The average Bonchev–Trinajstić information content (AvgIpc) is 2.28. The maximum Gasteiger partial charge on any atom is 0.177 e. The van der Waals surface area contributed by atoms with Gasteiger partial charge in [0.25, 0.3) is 0 Å². The van der Waals surface area contributed by atoms with Crippen LogP contribution in [-0.2, 0) is 0 Å². The Morgan fingerprint density at radius 3 is 2.64 bits per heavy atom. The van der Waals surface area contributed by atoms with Crippen molar-refractivity contribution in [3.05, 3.63) is 21.4 Å². The molecule has 0 spiro atoms. The monoisotopic (exact) mass is 169 g/mol. The van der Waals surface area contributed by atoms with Gasteiger partial charge in [-0.1, -0.05) is 0 Å². The average molecular weight is 169 g/mol. The number of aryl methyl sites for hydroxylation is 2. The van der Waals surface area contributed by atoms with Crippen molar-refractivity contribution in [2.75, 3.05) is 6.54 Å². The molecule has 2 nitrogen and oxygen atoms in total. The number of carbonyl (C=O) groups excluding carboxylic acids is 1. The molecule has 0 fully saturated rings. The van der Waals surface area contributed by atoms with Gasteiger partial charge in [0.15, 0.2) is 5.78 Å². The first-order valence-corrected chi connectivity index (χ1v) is 4.27. The van der Waals surface area contributed by atoms with E-state index in [1.807, 2.05) is 19.9 Å². The summed E-state index contributed by atoms with van der Waals surface area (Å²) in [6.45, 7) is 4.04. The summed E-state index contributed by atoms with van der Waals surface area (Å²) in [7, 11) is 0. The van der Waals surface area contributed by atoms with Crippen LogP contribution in [0.15, 0.2) is 6.07 Å². The van der Waals surface area contributed by atoms with Crippen LogP contribution in [0.25, 0.3) is 0 Å². The number of carbonyl (C=O) groups is 1. The van der Waals surface area contributed by atoms with E-state index in [1.54, 1.807) is 11.3 Å². The van der Waals surface area contributed by atoms with E-state index in [0.717, 1.165) is 10.4 Å². The molecule has 0 bridgehead atoms. The SMILES string of the molecule is Cc1cc(C(=O)CN)c(C)s1. The van der Waals surface area contributed by atoms with Crippen LogP contribution in [0.1, 0.15) is 20.1 Å². The molecule has 0 saturated carbocycles. The lowest BCUT2D eigenvalue weighted by molar-refractivity contribution is 0.100. The van der Waals surface area contributed by atoms with Gasteiger partial charge in [0, 0.05) is 15.3 Å². The lowest BCUT2D eigenvalue weighted by Crippen LogP contribution is -2.13. The van der Waals surface area contributed by atoms with Crippen molar-refractivity contribution < 1.29 is 4.79 Å². The zero-order valence-corrected chi connectivity index (χ0v) is 7.49. The van der Waals surface area contributed by atoms with Gasteiger partial charge in [0.05, 0.1) is 6.54 Å². The van der Waals surface area contributed by atoms with Crippen LogP contribution in [0.2, 0.25) is 0 Å². The van der Waals surface area contributed by atoms with Crippen LogP contribution in [-0.4, -0.2) is 12.3 Å². The van der Waals surface area contributed by atoms with E-state index < -0.39 is 0 Å². The maximum absolute atomic E-state index is 11.1. The first-order valence-electron chi connectivity index (χ1n) is 3.45. The maximum atomic E-state index is 11.1. The zero-order chi connectivity index (χ0) is 8.43. The van der Waals surface area contributed by atoms with Gasteiger partial charge in [-0.05, 0) is 19.9 Å². The molecule has 0 amide bonds. The van der Waals surface area contributed by atoms with Crippen LogP contribution in [0.3, 0.4) is 0 Å². The topological polar surface area (TPSA) is 43.1 Å². The molecular weight excluding hydrogens is 158 g/mol. The minimum atomic E-state index is 0.0341. The minimum Gasteiger partial charge on any atom is -0.324 e. The number of ketones is 1. The van der Waals surface area contributed by atoms with Crippen LogP contribution >= 0.6 is 11.3 Å². The van der Waals surface area contributed by atoms with Crippen LogP contribution < -0.4 is 5.73 Å². The quantitative estimate of drug-likeness (QED) is 0.682. The summed E-state index contributed by atoms with van der Waals surface area (Å²) < 4.78 is 0. The summed E-state index contributed by atoms with van der Waals surface area (Å²) >= 11 is 1.64. The number of hydrogen-bond acceptors (Lipinski definition) is 3. The molecule has 0 atom stereocenters. The molecule has 0 aliphatic heterocycles. The molecule has 1 heterocycles. The molecular formula is C8H11NOS. The molecule has 0 aliphatic carbocycles. The van der Waals surface area contributed by atoms with Gasteiger partial charge >= 0.3 is 0 Å². The van der Waals surface area contributed by atoms with Gasteiger partial charge in [0.1, 0.15) is 0 Å². The van der Waals surface area contributed by atoms with Gasteiger partial charge in [-0.15, -0.1) is 11.3 Å². The second-order valence-corrected chi connectivity index (χ2v) is 3.91. The predicted molar refractivity (Wildman–Crippen MR) is 47.2 cm³/mol. The fourth-order valence-corrected chi connectivity index (χ4v) is 1.96. The Labute approximate surface area is 70.0 Å². The number of hydrogen-bond donors (Lipinski definition) is 1. The van der Waals surface area contributed by atoms with E-state index in [-0.39, 0.29) is 12.3 Å². The van der Waals surface area contributed by atoms with Crippen molar-refractivity contribution in [1.29, 1.82) is 0 Å². The third kappa shape index (κ3) is 1.67. The van der Waals surface area contributed by atoms with Crippen LogP contribution in [0, 0.1) is 13.8 Å². The van der Waals surface area contributed by atoms with Crippen molar-refractivity contribution in [3.63, 3.8) is 0 Å². The summed E-state index contributed by atoms with van der Waals surface area (Å²) in [5.41, 5.74) is 6.02. The molecule has 0 unspecified atom stereocenters. The van der Waals surface area contributed by atoms with Crippen molar-refractivity contribution in [3.8, 4) is 0 Å². The molecule has 1 aromatic heterocycles. The lowest BCUT2D eigenvalue weighted by Gasteiger charge is -1.92.